The van der Waals surface area contributed by atoms with Gasteiger partial charge in [0.15, 0.2) is 6.10 Å². The first-order chi connectivity index (χ1) is 30.0. The third-order valence-electron chi connectivity index (χ3n) is 11.3. The van der Waals surface area contributed by atoms with Crippen LogP contribution in [0.4, 0.5) is 0 Å². The second-order valence-electron chi connectivity index (χ2n) is 17.4. The largest absolute Gasteiger partial charge is 0.462 e. The van der Waals surface area contributed by atoms with Gasteiger partial charge in [0, 0.05) is 19.3 Å². The van der Waals surface area contributed by atoms with E-state index in [0.29, 0.717) is 19.3 Å². The zero-order chi connectivity index (χ0) is 44.4. The van der Waals surface area contributed by atoms with Crippen molar-refractivity contribution in [2.24, 2.45) is 0 Å². The molecular formula is C55H98O6. The molecule has 0 spiro atoms. The first-order valence-corrected chi connectivity index (χ1v) is 26.1. The standard InChI is InChI=1S/C55H98O6/c1-4-7-10-13-14-15-16-17-18-19-20-21-22-23-24-25-26-27-28-29-30-31-32-33-34-35-36-37-38-39-40-43-45-48-54(57)60-51-52(61-55(58)49-46-42-12-9-6-3)50-59-53(56)47-44-41-11-8-5-2/h7,10,14-15,17-18,20-21,52H,4-6,8-9,11-13,16,19,22-51H2,1-3H3/b10-7-,15-14-,18-17-,21-20-. The highest BCUT2D eigenvalue weighted by Crippen LogP contribution is 2.16. The van der Waals surface area contributed by atoms with Crippen LogP contribution < -0.4 is 0 Å². The van der Waals surface area contributed by atoms with Gasteiger partial charge in [-0.15, -0.1) is 0 Å². The van der Waals surface area contributed by atoms with Gasteiger partial charge in [-0.3, -0.25) is 14.4 Å². The number of rotatable bonds is 47. The van der Waals surface area contributed by atoms with Crippen LogP contribution in [0.1, 0.15) is 265 Å². The van der Waals surface area contributed by atoms with Crippen LogP contribution in [-0.2, 0) is 28.6 Å². The van der Waals surface area contributed by atoms with Crippen molar-refractivity contribution in [2.75, 3.05) is 13.2 Å². The summed E-state index contributed by atoms with van der Waals surface area (Å²) in [6, 6.07) is 0. The van der Waals surface area contributed by atoms with Crippen LogP contribution in [0.15, 0.2) is 48.6 Å². The maximum atomic E-state index is 12.5. The van der Waals surface area contributed by atoms with Gasteiger partial charge in [0.05, 0.1) is 0 Å². The molecule has 6 heteroatoms. The van der Waals surface area contributed by atoms with Crippen molar-refractivity contribution in [2.45, 2.75) is 271 Å². The highest BCUT2D eigenvalue weighted by molar-refractivity contribution is 5.71. The molecule has 0 saturated carbocycles. The lowest BCUT2D eigenvalue weighted by Gasteiger charge is -2.18. The molecule has 61 heavy (non-hydrogen) atoms. The number of carbonyl (C=O) groups is 3. The van der Waals surface area contributed by atoms with Crippen molar-refractivity contribution < 1.29 is 28.6 Å². The predicted octanol–water partition coefficient (Wildman–Crippen LogP) is 17.1. The molecule has 0 fully saturated rings. The summed E-state index contributed by atoms with van der Waals surface area (Å²) in [5, 5.41) is 0. The summed E-state index contributed by atoms with van der Waals surface area (Å²) in [5.41, 5.74) is 0. The molecule has 0 rings (SSSR count). The molecule has 354 valence electrons. The number of allylic oxidation sites excluding steroid dienone is 8. The molecule has 6 nitrogen and oxygen atoms in total. The summed E-state index contributed by atoms with van der Waals surface area (Å²) in [5.74, 6) is -0.893. The Kier molecular flexibility index (Phi) is 47.9. The molecule has 0 heterocycles. The van der Waals surface area contributed by atoms with Crippen molar-refractivity contribution in [1.29, 1.82) is 0 Å². The van der Waals surface area contributed by atoms with E-state index in [1.54, 1.807) is 0 Å². The number of carbonyl (C=O) groups excluding carboxylic acids is 3. The summed E-state index contributed by atoms with van der Waals surface area (Å²) in [6.45, 7) is 6.36. The van der Waals surface area contributed by atoms with E-state index in [0.717, 1.165) is 96.3 Å². The monoisotopic (exact) mass is 855 g/mol. The molecule has 0 aliphatic carbocycles. The molecule has 0 aromatic rings. The van der Waals surface area contributed by atoms with Crippen LogP contribution in [0.3, 0.4) is 0 Å². The van der Waals surface area contributed by atoms with E-state index in [1.807, 2.05) is 0 Å². The third-order valence-corrected chi connectivity index (χ3v) is 11.3. The fourth-order valence-electron chi connectivity index (χ4n) is 7.43. The van der Waals surface area contributed by atoms with Gasteiger partial charge in [0.2, 0.25) is 0 Å². The number of esters is 3. The van der Waals surface area contributed by atoms with E-state index >= 15 is 0 Å². The van der Waals surface area contributed by atoms with Gasteiger partial charge in [-0.1, -0.05) is 236 Å². The van der Waals surface area contributed by atoms with E-state index in [2.05, 4.69) is 69.4 Å². The number of hydrogen-bond donors (Lipinski definition) is 0. The van der Waals surface area contributed by atoms with Gasteiger partial charge in [0.1, 0.15) is 13.2 Å². The van der Waals surface area contributed by atoms with Crippen molar-refractivity contribution in [1.82, 2.24) is 0 Å². The summed E-state index contributed by atoms with van der Waals surface area (Å²) >= 11 is 0. The van der Waals surface area contributed by atoms with Crippen LogP contribution in [0.5, 0.6) is 0 Å². The highest BCUT2D eigenvalue weighted by Gasteiger charge is 2.19. The summed E-state index contributed by atoms with van der Waals surface area (Å²) in [4.78, 5) is 37.2. The first kappa shape index (κ1) is 58.4. The van der Waals surface area contributed by atoms with Crippen LogP contribution in [0.25, 0.3) is 0 Å². The molecular weight excluding hydrogens is 757 g/mol. The Morgan fingerprint density at radius 1 is 0.344 bits per heavy atom. The number of hydrogen-bond acceptors (Lipinski definition) is 6. The van der Waals surface area contributed by atoms with Crippen molar-refractivity contribution in [3.8, 4) is 0 Å². The zero-order valence-electron chi connectivity index (χ0n) is 40.4. The molecule has 1 unspecified atom stereocenters. The molecule has 1 atom stereocenters. The van der Waals surface area contributed by atoms with Gasteiger partial charge in [0.25, 0.3) is 0 Å². The smallest absolute Gasteiger partial charge is 0.306 e. The Balaban J connectivity index is 3.72. The van der Waals surface area contributed by atoms with Crippen LogP contribution >= 0.6 is 0 Å². The lowest BCUT2D eigenvalue weighted by atomic mass is 10.0. The Bertz CT molecular complexity index is 1070. The average molecular weight is 855 g/mol. The lowest BCUT2D eigenvalue weighted by Crippen LogP contribution is -2.30. The average Bonchev–Trinajstić information content (AvgIpc) is 3.26. The Labute approximate surface area is 378 Å². The maximum absolute atomic E-state index is 12.5. The lowest BCUT2D eigenvalue weighted by molar-refractivity contribution is -0.167. The predicted molar refractivity (Wildman–Crippen MR) is 261 cm³/mol. The Hall–Kier alpha value is -2.63. The number of ether oxygens (including phenoxy) is 3. The molecule has 0 N–H and O–H groups in total. The first-order valence-electron chi connectivity index (χ1n) is 26.1. The fourth-order valence-corrected chi connectivity index (χ4v) is 7.43. The van der Waals surface area contributed by atoms with E-state index in [9.17, 15) is 14.4 Å². The summed E-state index contributed by atoms with van der Waals surface area (Å²) < 4.78 is 16.5. The zero-order valence-corrected chi connectivity index (χ0v) is 40.4. The molecule has 0 aromatic carbocycles. The molecule has 0 aliphatic heterocycles. The Morgan fingerprint density at radius 3 is 1.00 bits per heavy atom. The second kappa shape index (κ2) is 50.0. The van der Waals surface area contributed by atoms with Gasteiger partial charge >= 0.3 is 17.9 Å². The highest BCUT2D eigenvalue weighted by atomic mass is 16.6. The molecule has 0 aromatic heterocycles. The molecule has 0 bridgehead atoms. The van der Waals surface area contributed by atoms with Gasteiger partial charge in [-0.05, 0) is 57.8 Å². The van der Waals surface area contributed by atoms with E-state index < -0.39 is 6.10 Å². The van der Waals surface area contributed by atoms with Crippen LogP contribution in [0.2, 0.25) is 0 Å². The summed E-state index contributed by atoms with van der Waals surface area (Å²) in [7, 11) is 0. The van der Waals surface area contributed by atoms with Crippen molar-refractivity contribution in [3.63, 3.8) is 0 Å². The molecule has 0 amide bonds. The minimum atomic E-state index is -0.759. The molecule has 0 saturated heterocycles. The normalized spacial score (nSPS) is 12.4. The summed E-state index contributed by atoms with van der Waals surface area (Å²) in [6.07, 6.45) is 60.7. The van der Waals surface area contributed by atoms with Crippen LogP contribution in [-0.4, -0.2) is 37.2 Å². The van der Waals surface area contributed by atoms with Gasteiger partial charge in [-0.2, -0.15) is 0 Å². The van der Waals surface area contributed by atoms with Gasteiger partial charge < -0.3 is 14.2 Å². The quantitative estimate of drug-likeness (QED) is 0.0263. The van der Waals surface area contributed by atoms with Crippen molar-refractivity contribution in [3.05, 3.63) is 48.6 Å². The van der Waals surface area contributed by atoms with E-state index in [4.69, 9.17) is 14.2 Å². The van der Waals surface area contributed by atoms with Gasteiger partial charge in [-0.25, -0.2) is 0 Å². The van der Waals surface area contributed by atoms with Crippen molar-refractivity contribution >= 4 is 17.9 Å². The van der Waals surface area contributed by atoms with E-state index in [-0.39, 0.29) is 31.1 Å². The molecule has 0 aliphatic rings. The number of unbranched alkanes of at least 4 members (excludes halogenated alkanes) is 28. The topological polar surface area (TPSA) is 78.9 Å². The fraction of sp³-hybridized carbons (Fsp3) is 0.800. The minimum absolute atomic E-state index is 0.0700. The maximum Gasteiger partial charge on any atom is 0.306 e. The van der Waals surface area contributed by atoms with E-state index in [1.165, 1.54) is 128 Å². The second-order valence-corrected chi connectivity index (χ2v) is 17.4. The van der Waals surface area contributed by atoms with Crippen LogP contribution in [0, 0.1) is 0 Å². The minimum Gasteiger partial charge on any atom is -0.462 e. The Morgan fingerprint density at radius 2 is 0.639 bits per heavy atom. The SMILES string of the molecule is CC/C=C\C/C=C\C/C=C\C/C=C\CCCCCCCCCCCCCCCCCCCCCCC(=O)OCC(COC(=O)CCCCCCC)OC(=O)CCCCCCC. The third kappa shape index (κ3) is 48.3. The molecule has 0 radical (unpaired) electrons.